The molecule has 5 aromatic rings. The minimum atomic E-state index is -4.22. The zero-order valence-electron chi connectivity index (χ0n) is 23.3. The normalized spacial score (nSPS) is 13.2. The van der Waals surface area contributed by atoms with E-state index in [4.69, 9.17) is 10.2 Å². The molecule has 0 aliphatic heterocycles. The van der Waals surface area contributed by atoms with Crippen molar-refractivity contribution >= 4 is 33.0 Å². The molecule has 5 N–H and O–H groups in total. The molecule has 2 atom stereocenters. The molecular weight excluding hydrogens is 570 g/mol. The Morgan fingerprint density at radius 3 is 2.56 bits per heavy atom. The van der Waals surface area contributed by atoms with Gasteiger partial charge in [0.05, 0.1) is 29.3 Å². The summed E-state index contributed by atoms with van der Waals surface area (Å²) in [6, 6.07) is 22.2. The largest absolute Gasteiger partial charge is 0.508 e. The number of benzene rings is 3. The highest BCUT2D eigenvalue weighted by Gasteiger charge is 2.32. The molecule has 0 fully saturated rings. The molecule has 12 heteroatoms. The molecule has 0 bridgehead atoms. The minimum absolute atomic E-state index is 0.0362. The summed E-state index contributed by atoms with van der Waals surface area (Å²) >= 11 is 0. The molecule has 0 radical (unpaired) electrons. The van der Waals surface area contributed by atoms with Crippen molar-refractivity contribution in [1.82, 2.24) is 19.6 Å². The first-order valence-corrected chi connectivity index (χ1v) is 14.9. The van der Waals surface area contributed by atoms with Gasteiger partial charge in [-0.25, -0.2) is 8.42 Å². The van der Waals surface area contributed by atoms with Crippen LogP contribution in [0.4, 0.5) is 6.01 Å². The maximum atomic E-state index is 14.0. The highest BCUT2D eigenvalue weighted by Crippen LogP contribution is 2.25. The number of phenols is 1. The second kappa shape index (κ2) is 12.6. The number of aliphatic hydroxyl groups excluding tert-OH is 1. The van der Waals surface area contributed by atoms with Crippen molar-refractivity contribution in [3.8, 4) is 5.75 Å². The SMILES string of the molecule is Cc1c(O)cccc1C(=O)NC(Cc1ccccc1)C(O)CN(Cc1ccccn1)S(=O)(=O)c1ccc2nc(N)oc2c1. The van der Waals surface area contributed by atoms with Crippen LogP contribution in [0.2, 0.25) is 0 Å². The number of carbonyl (C=O) groups is 1. The van der Waals surface area contributed by atoms with E-state index in [1.165, 1.54) is 24.3 Å². The predicted molar refractivity (Wildman–Crippen MR) is 161 cm³/mol. The number of fused-ring (bicyclic) bond motifs is 1. The van der Waals surface area contributed by atoms with E-state index in [2.05, 4.69) is 15.3 Å². The first kappa shape index (κ1) is 29.7. The number of phenolic OH excluding ortho intramolecular Hbond substituents is 1. The predicted octanol–water partition coefficient (Wildman–Crippen LogP) is 3.41. The van der Waals surface area contributed by atoms with Crippen LogP contribution in [-0.4, -0.2) is 57.5 Å². The number of amides is 1. The van der Waals surface area contributed by atoms with Crippen molar-refractivity contribution in [2.75, 3.05) is 12.3 Å². The van der Waals surface area contributed by atoms with Crippen LogP contribution < -0.4 is 11.1 Å². The van der Waals surface area contributed by atoms with E-state index in [1.807, 2.05) is 30.3 Å². The van der Waals surface area contributed by atoms with Gasteiger partial charge in [-0.05, 0) is 55.3 Å². The number of hydrogen-bond acceptors (Lipinski definition) is 9. The first-order chi connectivity index (χ1) is 20.6. The number of nitrogens with zero attached hydrogens (tertiary/aromatic N) is 3. The number of nitrogens with two attached hydrogens (primary N) is 1. The topological polar surface area (TPSA) is 172 Å². The number of carbonyl (C=O) groups excluding carboxylic acids is 1. The molecule has 5 rings (SSSR count). The maximum absolute atomic E-state index is 14.0. The number of aromatic nitrogens is 2. The van der Waals surface area contributed by atoms with Gasteiger partial charge < -0.3 is 25.7 Å². The van der Waals surface area contributed by atoms with Crippen LogP contribution in [0.25, 0.3) is 11.1 Å². The lowest BCUT2D eigenvalue weighted by molar-refractivity contribution is 0.0777. The molecular formula is C31H31N5O6S. The molecule has 1 amide bonds. The van der Waals surface area contributed by atoms with Crippen LogP contribution in [0.1, 0.15) is 27.2 Å². The minimum Gasteiger partial charge on any atom is -0.508 e. The maximum Gasteiger partial charge on any atom is 0.292 e. The summed E-state index contributed by atoms with van der Waals surface area (Å²) in [6.07, 6.45) is 0.424. The van der Waals surface area contributed by atoms with Gasteiger partial charge in [0.15, 0.2) is 5.58 Å². The van der Waals surface area contributed by atoms with E-state index in [1.54, 1.807) is 43.5 Å². The molecule has 0 aliphatic rings. The quantitative estimate of drug-likeness (QED) is 0.177. The van der Waals surface area contributed by atoms with E-state index in [0.717, 1.165) is 9.87 Å². The van der Waals surface area contributed by atoms with E-state index in [9.17, 15) is 23.4 Å². The van der Waals surface area contributed by atoms with Crippen LogP contribution in [-0.2, 0) is 23.0 Å². The van der Waals surface area contributed by atoms with Gasteiger partial charge in [0.25, 0.3) is 11.9 Å². The van der Waals surface area contributed by atoms with Gasteiger partial charge in [-0.15, -0.1) is 0 Å². The van der Waals surface area contributed by atoms with Gasteiger partial charge >= 0.3 is 0 Å². The molecule has 2 aromatic heterocycles. The smallest absolute Gasteiger partial charge is 0.292 e. The number of rotatable bonds is 11. The third-order valence-corrected chi connectivity index (χ3v) is 8.91. The van der Waals surface area contributed by atoms with E-state index in [0.29, 0.717) is 16.8 Å². The van der Waals surface area contributed by atoms with Crippen molar-refractivity contribution in [2.24, 2.45) is 0 Å². The highest BCUT2D eigenvalue weighted by atomic mass is 32.2. The Balaban J connectivity index is 1.48. The van der Waals surface area contributed by atoms with Crippen LogP contribution in [0.15, 0.2) is 100 Å². The van der Waals surface area contributed by atoms with Gasteiger partial charge in [-0.3, -0.25) is 9.78 Å². The fourth-order valence-corrected chi connectivity index (χ4v) is 6.20. The highest BCUT2D eigenvalue weighted by molar-refractivity contribution is 7.89. The number of anilines is 1. The van der Waals surface area contributed by atoms with Crippen molar-refractivity contribution in [3.05, 3.63) is 114 Å². The summed E-state index contributed by atoms with van der Waals surface area (Å²) in [4.78, 5) is 21.6. The number of aromatic hydroxyl groups is 1. The summed E-state index contributed by atoms with van der Waals surface area (Å²) in [5, 5.41) is 24.6. The standard InChI is InChI=1S/C31H31N5O6S/c1-20-24(11-7-12-27(20)37)30(39)34-26(16-21-8-3-2-4-9-21)28(38)19-36(18-22-10-5-6-15-33-22)43(40,41)23-13-14-25-29(17-23)42-31(32)35-25/h2-15,17,26,28,37-38H,16,18-19H2,1H3,(H2,32,35)(H,34,39). The lowest BCUT2D eigenvalue weighted by Crippen LogP contribution is -2.50. The van der Waals surface area contributed by atoms with Crippen molar-refractivity contribution in [1.29, 1.82) is 0 Å². The number of oxazole rings is 1. The molecule has 0 saturated heterocycles. The Kier molecular flexibility index (Phi) is 8.71. The summed E-state index contributed by atoms with van der Waals surface area (Å²) in [5.41, 5.74) is 8.16. The summed E-state index contributed by atoms with van der Waals surface area (Å²) in [7, 11) is -4.22. The molecule has 2 heterocycles. The molecule has 3 aromatic carbocycles. The first-order valence-electron chi connectivity index (χ1n) is 13.5. The number of pyridine rings is 1. The third kappa shape index (κ3) is 6.83. The Labute approximate surface area is 248 Å². The average Bonchev–Trinajstić information content (AvgIpc) is 3.38. The number of nitrogen functional groups attached to an aromatic ring is 1. The molecule has 222 valence electrons. The molecule has 11 nitrogen and oxygen atoms in total. The zero-order valence-corrected chi connectivity index (χ0v) is 24.1. The Morgan fingerprint density at radius 2 is 1.81 bits per heavy atom. The zero-order chi connectivity index (χ0) is 30.6. The van der Waals surface area contributed by atoms with Gasteiger partial charge in [0.2, 0.25) is 10.0 Å². The lowest BCUT2D eigenvalue weighted by Gasteiger charge is -2.30. The van der Waals surface area contributed by atoms with Crippen molar-refractivity contribution in [3.63, 3.8) is 0 Å². The fourth-order valence-electron chi connectivity index (χ4n) is 4.76. The van der Waals surface area contributed by atoms with Gasteiger partial charge in [0.1, 0.15) is 11.3 Å². The molecule has 0 saturated carbocycles. The van der Waals surface area contributed by atoms with Crippen molar-refractivity contribution in [2.45, 2.75) is 36.9 Å². The Morgan fingerprint density at radius 1 is 1.05 bits per heavy atom. The monoisotopic (exact) mass is 601 g/mol. The van der Waals surface area contributed by atoms with E-state index < -0.39 is 28.1 Å². The molecule has 43 heavy (non-hydrogen) atoms. The third-order valence-electron chi connectivity index (χ3n) is 7.10. The molecule has 2 unspecified atom stereocenters. The Bertz CT molecular complexity index is 1830. The number of hydrogen-bond donors (Lipinski definition) is 4. The summed E-state index contributed by atoms with van der Waals surface area (Å²) < 4.78 is 34.5. The number of sulfonamides is 1. The average molecular weight is 602 g/mol. The van der Waals surface area contributed by atoms with Crippen molar-refractivity contribution < 1.29 is 27.8 Å². The summed E-state index contributed by atoms with van der Waals surface area (Å²) in [6.45, 7) is 1.10. The summed E-state index contributed by atoms with van der Waals surface area (Å²) in [5.74, 6) is -0.549. The fraction of sp³-hybridized carbons (Fsp3) is 0.194. The lowest BCUT2D eigenvalue weighted by atomic mass is 9.99. The van der Waals surface area contributed by atoms with Crippen LogP contribution in [0, 0.1) is 6.92 Å². The van der Waals surface area contributed by atoms with Gasteiger partial charge in [-0.1, -0.05) is 42.5 Å². The second-order valence-electron chi connectivity index (χ2n) is 10.1. The van der Waals surface area contributed by atoms with Gasteiger partial charge in [0, 0.05) is 29.9 Å². The number of aliphatic hydroxyl groups is 1. The molecule has 0 aliphatic carbocycles. The van der Waals surface area contributed by atoms with E-state index in [-0.39, 0.29) is 47.3 Å². The molecule has 0 spiro atoms. The van der Waals surface area contributed by atoms with Crippen LogP contribution in [0.5, 0.6) is 5.75 Å². The van der Waals surface area contributed by atoms with Gasteiger partial charge in [-0.2, -0.15) is 9.29 Å². The number of nitrogens with one attached hydrogen (secondary N) is 1. The second-order valence-corrected chi connectivity index (χ2v) is 12.0. The Hall–Kier alpha value is -4.78. The van der Waals surface area contributed by atoms with Crippen LogP contribution in [0.3, 0.4) is 0 Å². The van der Waals surface area contributed by atoms with Crippen LogP contribution >= 0.6 is 0 Å². The van der Waals surface area contributed by atoms with E-state index >= 15 is 0 Å².